The molecule has 1 atom stereocenters. The molecule has 9 heteroatoms. The second-order valence-corrected chi connectivity index (χ2v) is 11.8. The molecule has 1 aliphatic carbocycles. The Balaban J connectivity index is 1.88. The van der Waals surface area contributed by atoms with Gasteiger partial charge in [-0.3, -0.25) is 13.9 Å². The van der Waals surface area contributed by atoms with Gasteiger partial charge in [0.1, 0.15) is 12.6 Å². The van der Waals surface area contributed by atoms with Crippen LogP contribution >= 0.6 is 15.9 Å². The second kappa shape index (κ2) is 12.5. The zero-order valence-corrected chi connectivity index (χ0v) is 22.7. The highest BCUT2D eigenvalue weighted by Gasteiger charge is 2.32. The Kier molecular flexibility index (Phi) is 9.74. The van der Waals surface area contributed by atoms with Crippen molar-refractivity contribution < 1.29 is 18.0 Å². The van der Waals surface area contributed by atoms with Crippen LogP contribution in [0.4, 0.5) is 5.69 Å². The van der Waals surface area contributed by atoms with Crippen LogP contribution in [0.5, 0.6) is 0 Å². The van der Waals surface area contributed by atoms with Crippen molar-refractivity contribution in [3.8, 4) is 0 Å². The minimum absolute atomic E-state index is 0.120. The maximum absolute atomic E-state index is 13.7. The molecule has 1 fully saturated rings. The summed E-state index contributed by atoms with van der Waals surface area (Å²) in [6.45, 7) is 1.70. The van der Waals surface area contributed by atoms with E-state index in [0.29, 0.717) is 12.1 Å². The van der Waals surface area contributed by atoms with E-state index >= 15 is 0 Å². The van der Waals surface area contributed by atoms with E-state index in [1.807, 2.05) is 37.3 Å². The maximum Gasteiger partial charge on any atom is 0.244 e. The van der Waals surface area contributed by atoms with Crippen LogP contribution < -0.4 is 9.62 Å². The first kappa shape index (κ1) is 27.2. The number of hydrogen-bond acceptors (Lipinski definition) is 4. The zero-order chi connectivity index (χ0) is 25.4. The molecule has 2 amide bonds. The molecule has 2 aromatic carbocycles. The van der Waals surface area contributed by atoms with Crippen molar-refractivity contribution in [1.82, 2.24) is 10.2 Å². The first-order valence-corrected chi connectivity index (χ1v) is 14.7. The molecular formula is C26H34BrN3O4S. The Hall–Kier alpha value is -2.39. The van der Waals surface area contributed by atoms with Crippen LogP contribution in [-0.4, -0.2) is 50.0 Å². The van der Waals surface area contributed by atoms with Crippen molar-refractivity contribution in [2.24, 2.45) is 0 Å². The highest BCUT2D eigenvalue weighted by Crippen LogP contribution is 2.23. The third-order valence-corrected chi connectivity index (χ3v) is 8.00. The van der Waals surface area contributed by atoms with Gasteiger partial charge in [-0.05, 0) is 49.1 Å². The van der Waals surface area contributed by atoms with Crippen molar-refractivity contribution >= 4 is 43.5 Å². The zero-order valence-electron chi connectivity index (χ0n) is 20.3. The average Bonchev–Trinajstić information content (AvgIpc) is 2.83. The van der Waals surface area contributed by atoms with Gasteiger partial charge in [-0.2, -0.15) is 0 Å². The molecule has 0 saturated heterocycles. The molecule has 0 aliphatic heterocycles. The predicted octanol–water partition coefficient (Wildman–Crippen LogP) is 4.47. The number of hydrogen-bond donors (Lipinski definition) is 1. The number of amides is 2. The van der Waals surface area contributed by atoms with E-state index in [1.165, 1.54) is 11.3 Å². The standard InChI is InChI=1S/C26H34BrN3O4S/c1-3-24(26(32)28-22-12-8-5-9-13-22)29(18-20-10-6-4-7-11-20)25(31)19-30(35(2,33)34)23-16-14-21(27)15-17-23/h4,6-7,10-11,14-17,22,24H,3,5,8-9,12-13,18-19H2,1-2H3,(H,28,32)/t24-/m1/s1. The molecule has 0 unspecified atom stereocenters. The normalized spacial score (nSPS) is 15.3. The minimum Gasteiger partial charge on any atom is -0.352 e. The Morgan fingerprint density at radius 1 is 1.03 bits per heavy atom. The lowest BCUT2D eigenvalue weighted by molar-refractivity contribution is -0.140. The largest absolute Gasteiger partial charge is 0.352 e. The van der Waals surface area contributed by atoms with Gasteiger partial charge in [-0.15, -0.1) is 0 Å². The summed E-state index contributed by atoms with van der Waals surface area (Å²) >= 11 is 3.35. The number of nitrogens with zero attached hydrogens (tertiary/aromatic N) is 2. The molecule has 0 heterocycles. The molecular weight excluding hydrogens is 530 g/mol. The lowest BCUT2D eigenvalue weighted by atomic mass is 9.95. The van der Waals surface area contributed by atoms with Crippen LogP contribution in [0.2, 0.25) is 0 Å². The van der Waals surface area contributed by atoms with Gasteiger partial charge in [-0.1, -0.05) is 72.4 Å². The Labute approximate surface area is 217 Å². The summed E-state index contributed by atoms with van der Waals surface area (Å²) < 4.78 is 27.2. The third-order valence-electron chi connectivity index (χ3n) is 6.33. The van der Waals surface area contributed by atoms with E-state index in [0.717, 1.165) is 46.3 Å². The average molecular weight is 565 g/mol. The summed E-state index contributed by atoms with van der Waals surface area (Å²) in [4.78, 5) is 28.5. The Morgan fingerprint density at radius 3 is 2.23 bits per heavy atom. The number of carbonyl (C=O) groups excluding carboxylic acids is 2. The summed E-state index contributed by atoms with van der Waals surface area (Å²) in [5, 5.41) is 3.14. The number of carbonyl (C=O) groups is 2. The molecule has 7 nitrogen and oxygen atoms in total. The van der Waals surface area contributed by atoms with E-state index < -0.39 is 22.0 Å². The van der Waals surface area contributed by atoms with Gasteiger partial charge in [0.05, 0.1) is 11.9 Å². The molecule has 0 aromatic heterocycles. The SMILES string of the molecule is CC[C@H](C(=O)NC1CCCCC1)N(Cc1ccccc1)C(=O)CN(c1ccc(Br)cc1)S(C)(=O)=O. The molecule has 35 heavy (non-hydrogen) atoms. The quantitative estimate of drug-likeness (QED) is 0.462. The van der Waals surface area contributed by atoms with E-state index in [2.05, 4.69) is 21.2 Å². The van der Waals surface area contributed by atoms with E-state index in [1.54, 1.807) is 24.3 Å². The first-order valence-electron chi connectivity index (χ1n) is 12.1. The van der Waals surface area contributed by atoms with Crippen LogP contribution in [0.1, 0.15) is 51.0 Å². The maximum atomic E-state index is 13.7. The number of sulfonamides is 1. The van der Waals surface area contributed by atoms with Gasteiger partial charge < -0.3 is 10.2 Å². The van der Waals surface area contributed by atoms with Gasteiger partial charge in [0.15, 0.2) is 0 Å². The highest BCUT2D eigenvalue weighted by atomic mass is 79.9. The molecule has 3 rings (SSSR count). The minimum atomic E-state index is -3.74. The molecule has 2 aromatic rings. The fraction of sp³-hybridized carbons (Fsp3) is 0.462. The van der Waals surface area contributed by atoms with Gasteiger partial charge in [0.2, 0.25) is 21.8 Å². The van der Waals surface area contributed by atoms with Gasteiger partial charge in [-0.25, -0.2) is 8.42 Å². The lowest BCUT2D eigenvalue weighted by Gasteiger charge is -2.34. The Bertz CT molecular complexity index is 1090. The van der Waals surface area contributed by atoms with Crippen molar-refractivity contribution in [3.05, 3.63) is 64.6 Å². The summed E-state index contributed by atoms with van der Waals surface area (Å²) in [7, 11) is -3.74. The number of halogens is 1. The molecule has 190 valence electrons. The topological polar surface area (TPSA) is 86.8 Å². The van der Waals surface area contributed by atoms with E-state index in [-0.39, 0.29) is 25.0 Å². The van der Waals surface area contributed by atoms with Crippen LogP contribution in [0.25, 0.3) is 0 Å². The lowest BCUT2D eigenvalue weighted by Crippen LogP contribution is -2.53. The smallest absolute Gasteiger partial charge is 0.244 e. The molecule has 0 radical (unpaired) electrons. The third kappa shape index (κ3) is 7.80. The Morgan fingerprint density at radius 2 is 1.66 bits per heavy atom. The molecule has 1 saturated carbocycles. The van der Waals surface area contributed by atoms with Gasteiger partial charge >= 0.3 is 0 Å². The van der Waals surface area contributed by atoms with Crippen molar-refractivity contribution in [2.45, 2.75) is 64.1 Å². The van der Waals surface area contributed by atoms with E-state index in [4.69, 9.17) is 0 Å². The van der Waals surface area contributed by atoms with Crippen LogP contribution in [0.15, 0.2) is 59.1 Å². The second-order valence-electron chi connectivity index (χ2n) is 9.02. The van der Waals surface area contributed by atoms with Crippen molar-refractivity contribution in [3.63, 3.8) is 0 Å². The van der Waals surface area contributed by atoms with E-state index in [9.17, 15) is 18.0 Å². The van der Waals surface area contributed by atoms with Gasteiger partial charge in [0, 0.05) is 17.1 Å². The summed E-state index contributed by atoms with van der Waals surface area (Å²) in [5.74, 6) is -0.605. The summed E-state index contributed by atoms with van der Waals surface area (Å²) in [6, 6.07) is 15.6. The molecule has 1 N–H and O–H groups in total. The predicted molar refractivity (Wildman–Crippen MR) is 142 cm³/mol. The van der Waals surface area contributed by atoms with Crippen molar-refractivity contribution in [2.75, 3.05) is 17.1 Å². The first-order chi connectivity index (χ1) is 16.7. The fourth-order valence-corrected chi connectivity index (χ4v) is 5.58. The van der Waals surface area contributed by atoms with Crippen LogP contribution in [0.3, 0.4) is 0 Å². The number of rotatable bonds is 10. The van der Waals surface area contributed by atoms with Crippen molar-refractivity contribution in [1.29, 1.82) is 0 Å². The number of anilines is 1. The summed E-state index contributed by atoms with van der Waals surface area (Å²) in [6.07, 6.45) is 6.75. The molecule has 0 bridgehead atoms. The van der Waals surface area contributed by atoms with Gasteiger partial charge in [0.25, 0.3) is 0 Å². The highest BCUT2D eigenvalue weighted by molar-refractivity contribution is 9.10. The van der Waals surface area contributed by atoms with Crippen LogP contribution in [0, 0.1) is 0 Å². The van der Waals surface area contributed by atoms with Crippen LogP contribution in [-0.2, 0) is 26.2 Å². The molecule has 0 spiro atoms. The fourth-order valence-electron chi connectivity index (χ4n) is 4.46. The molecule has 1 aliphatic rings. The monoisotopic (exact) mass is 563 g/mol. The number of benzene rings is 2. The number of nitrogens with one attached hydrogen (secondary N) is 1. The summed E-state index contributed by atoms with van der Waals surface area (Å²) in [5.41, 5.74) is 1.27.